The highest BCUT2D eigenvalue weighted by Crippen LogP contribution is 2.37. The van der Waals surface area contributed by atoms with Crippen molar-refractivity contribution in [2.24, 2.45) is 11.7 Å². The number of piperidine rings is 1. The fraction of sp³-hybridized carbons (Fsp3) is 0.417. The van der Waals surface area contributed by atoms with Crippen LogP contribution in [0.5, 0.6) is 0 Å². The van der Waals surface area contributed by atoms with E-state index in [9.17, 15) is 19.5 Å². The largest absolute Gasteiger partial charge is 0.460 e. The molecule has 4 N–H and O–H groups in total. The van der Waals surface area contributed by atoms with Crippen LogP contribution in [0.4, 0.5) is 9.18 Å². The van der Waals surface area contributed by atoms with Crippen LogP contribution in [0, 0.1) is 11.7 Å². The Hall–Kier alpha value is -4.28. The first-order valence-corrected chi connectivity index (χ1v) is 15.8. The van der Waals surface area contributed by atoms with Gasteiger partial charge in [0.25, 0.3) is 0 Å². The zero-order chi connectivity index (χ0) is 33.1. The highest BCUT2D eigenvalue weighted by Gasteiger charge is 2.36. The number of nitrogens with two attached hydrogens (primary N) is 1. The van der Waals surface area contributed by atoms with Crippen LogP contribution in [0.3, 0.4) is 0 Å². The molecule has 1 aliphatic rings. The Balaban J connectivity index is 1.39. The molecule has 46 heavy (non-hydrogen) atoms. The monoisotopic (exact) mass is 633 g/mol. The molecule has 0 saturated carbocycles. The maximum atomic E-state index is 15.4. The molecule has 3 aromatic rings. The number of hydrogen-bond acceptors (Lipinski definition) is 7. The van der Waals surface area contributed by atoms with Crippen LogP contribution in [-0.4, -0.2) is 54.2 Å². The van der Waals surface area contributed by atoms with Gasteiger partial charge in [0.05, 0.1) is 13.5 Å². The number of esters is 1. The molecule has 1 saturated heterocycles. The first-order chi connectivity index (χ1) is 22.1. The summed E-state index contributed by atoms with van der Waals surface area (Å²) >= 11 is 0. The SMILES string of the molecule is CCc1cccc(-c2c(F)cccc2C(O)(CCCC2CCCN(C(=O)CC(N)C(=O)OCc3ccccc3)C2)NC(=O)OC)c1. The molecule has 1 fully saturated rings. The lowest BCUT2D eigenvalue weighted by molar-refractivity contribution is -0.149. The number of aryl methyl sites for hydroxylation is 1. The Kier molecular flexibility index (Phi) is 12.3. The molecule has 3 unspecified atom stereocenters. The zero-order valence-corrected chi connectivity index (χ0v) is 26.5. The summed E-state index contributed by atoms with van der Waals surface area (Å²) in [4.78, 5) is 39.6. The smallest absolute Gasteiger partial charge is 0.409 e. The van der Waals surface area contributed by atoms with Gasteiger partial charge in [-0.05, 0) is 67.2 Å². The van der Waals surface area contributed by atoms with Gasteiger partial charge in [0.2, 0.25) is 5.91 Å². The van der Waals surface area contributed by atoms with E-state index in [4.69, 9.17) is 15.2 Å². The van der Waals surface area contributed by atoms with Gasteiger partial charge in [0, 0.05) is 24.2 Å². The minimum atomic E-state index is -1.91. The van der Waals surface area contributed by atoms with Crippen molar-refractivity contribution < 1.29 is 33.4 Å². The van der Waals surface area contributed by atoms with E-state index in [0.29, 0.717) is 31.5 Å². The predicted molar refractivity (Wildman–Crippen MR) is 173 cm³/mol. The number of alkyl carbamates (subject to hydrolysis) is 1. The Morgan fingerprint density at radius 1 is 1.09 bits per heavy atom. The Bertz CT molecular complexity index is 1490. The van der Waals surface area contributed by atoms with E-state index in [1.54, 1.807) is 17.0 Å². The van der Waals surface area contributed by atoms with E-state index in [1.807, 2.05) is 55.5 Å². The number of amides is 2. The van der Waals surface area contributed by atoms with Gasteiger partial charge in [0.1, 0.15) is 18.5 Å². The van der Waals surface area contributed by atoms with E-state index in [2.05, 4.69) is 5.32 Å². The van der Waals surface area contributed by atoms with Gasteiger partial charge < -0.3 is 25.2 Å². The van der Waals surface area contributed by atoms with Crippen molar-refractivity contribution in [3.63, 3.8) is 0 Å². The van der Waals surface area contributed by atoms with Gasteiger partial charge in [-0.25, -0.2) is 9.18 Å². The molecule has 4 rings (SSSR count). The number of ether oxygens (including phenoxy) is 2. The Morgan fingerprint density at radius 3 is 2.57 bits per heavy atom. The van der Waals surface area contributed by atoms with Crippen LogP contribution < -0.4 is 11.1 Å². The summed E-state index contributed by atoms with van der Waals surface area (Å²) in [7, 11) is 1.20. The van der Waals surface area contributed by atoms with Crippen LogP contribution in [0.15, 0.2) is 72.8 Å². The van der Waals surface area contributed by atoms with Crippen LogP contribution in [0.2, 0.25) is 0 Å². The average molecular weight is 634 g/mol. The first kappa shape index (κ1) is 34.6. The number of hydrogen-bond donors (Lipinski definition) is 3. The van der Waals surface area contributed by atoms with Gasteiger partial charge >= 0.3 is 12.1 Å². The molecule has 9 nitrogen and oxygen atoms in total. The lowest BCUT2D eigenvalue weighted by Crippen LogP contribution is -2.46. The molecule has 0 spiro atoms. The minimum Gasteiger partial charge on any atom is -0.460 e. The second kappa shape index (κ2) is 16.3. The first-order valence-electron chi connectivity index (χ1n) is 15.8. The molecule has 2 amide bonds. The van der Waals surface area contributed by atoms with E-state index in [0.717, 1.165) is 30.4 Å². The number of likely N-dealkylation sites (tertiary alicyclic amines) is 1. The molecule has 3 aromatic carbocycles. The molecule has 1 heterocycles. The van der Waals surface area contributed by atoms with Gasteiger partial charge in [-0.15, -0.1) is 0 Å². The third-order valence-corrected chi connectivity index (χ3v) is 8.52. The Morgan fingerprint density at radius 2 is 1.83 bits per heavy atom. The number of nitrogens with zero attached hydrogens (tertiary/aromatic N) is 1. The molecule has 0 radical (unpaired) electrons. The molecular formula is C36H44FN3O6. The molecule has 246 valence electrons. The van der Waals surface area contributed by atoms with E-state index in [-0.39, 0.29) is 42.4 Å². The third kappa shape index (κ3) is 9.14. The number of carbonyl (C=O) groups excluding carboxylic acids is 3. The number of carbonyl (C=O) groups is 3. The van der Waals surface area contributed by atoms with Gasteiger partial charge in [-0.3, -0.25) is 14.9 Å². The topological polar surface area (TPSA) is 131 Å². The molecule has 0 bridgehead atoms. The highest BCUT2D eigenvalue weighted by molar-refractivity contribution is 5.85. The van der Waals surface area contributed by atoms with Gasteiger partial charge in [-0.1, -0.05) is 73.7 Å². The fourth-order valence-electron chi connectivity index (χ4n) is 6.00. The molecule has 0 aliphatic carbocycles. The van der Waals surface area contributed by atoms with Crippen LogP contribution in [0.1, 0.15) is 62.1 Å². The number of rotatable bonds is 13. The lowest BCUT2D eigenvalue weighted by Gasteiger charge is -2.35. The van der Waals surface area contributed by atoms with Crippen molar-refractivity contribution in [1.29, 1.82) is 0 Å². The number of nitrogens with one attached hydrogen (secondary N) is 1. The number of methoxy groups -OCH3 is 1. The molecule has 0 aromatic heterocycles. The molecular weight excluding hydrogens is 589 g/mol. The van der Waals surface area contributed by atoms with E-state index in [1.165, 1.54) is 19.2 Å². The molecule has 10 heteroatoms. The van der Waals surface area contributed by atoms with E-state index >= 15 is 4.39 Å². The summed E-state index contributed by atoms with van der Waals surface area (Å²) in [6.07, 6.45) is 2.66. The van der Waals surface area contributed by atoms with Gasteiger partial charge in [0.15, 0.2) is 5.72 Å². The van der Waals surface area contributed by atoms with Crippen LogP contribution >= 0.6 is 0 Å². The van der Waals surface area contributed by atoms with Crippen molar-refractivity contribution >= 4 is 18.0 Å². The van der Waals surface area contributed by atoms with Crippen LogP contribution in [0.25, 0.3) is 11.1 Å². The normalized spacial score (nSPS) is 16.6. The summed E-state index contributed by atoms with van der Waals surface area (Å²) in [6.45, 7) is 3.15. The lowest BCUT2D eigenvalue weighted by atomic mass is 9.86. The van der Waals surface area contributed by atoms with Crippen molar-refractivity contribution in [3.8, 4) is 11.1 Å². The second-order valence-electron chi connectivity index (χ2n) is 11.8. The maximum Gasteiger partial charge on any atom is 0.409 e. The zero-order valence-electron chi connectivity index (χ0n) is 26.5. The molecule has 3 atom stereocenters. The number of aliphatic hydroxyl groups is 1. The highest BCUT2D eigenvalue weighted by atomic mass is 19.1. The summed E-state index contributed by atoms with van der Waals surface area (Å²) in [5.41, 5.74) is 7.00. The second-order valence-corrected chi connectivity index (χ2v) is 11.8. The van der Waals surface area contributed by atoms with Crippen molar-refractivity contribution in [1.82, 2.24) is 10.2 Å². The fourth-order valence-corrected chi connectivity index (χ4v) is 6.00. The summed E-state index contributed by atoms with van der Waals surface area (Å²) in [5.74, 6) is -1.22. The molecule has 1 aliphatic heterocycles. The summed E-state index contributed by atoms with van der Waals surface area (Å²) in [6, 6.07) is 20.1. The average Bonchev–Trinajstić information content (AvgIpc) is 3.07. The summed E-state index contributed by atoms with van der Waals surface area (Å²) < 4.78 is 25.5. The van der Waals surface area contributed by atoms with Crippen LogP contribution in [-0.2, 0) is 37.8 Å². The number of benzene rings is 3. The van der Waals surface area contributed by atoms with Crippen molar-refractivity contribution in [2.75, 3.05) is 20.2 Å². The number of halogens is 1. The quantitative estimate of drug-likeness (QED) is 0.169. The predicted octanol–water partition coefficient (Wildman–Crippen LogP) is 5.43. The van der Waals surface area contributed by atoms with Gasteiger partial charge in [-0.2, -0.15) is 0 Å². The van der Waals surface area contributed by atoms with Crippen molar-refractivity contribution in [2.45, 2.75) is 70.2 Å². The third-order valence-electron chi connectivity index (χ3n) is 8.52. The maximum absolute atomic E-state index is 15.4. The summed E-state index contributed by atoms with van der Waals surface area (Å²) in [5, 5.41) is 14.5. The minimum absolute atomic E-state index is 0.0901. The Labute approximate surface area is 269 Å². The van der Waals surface area contributed by atoms with E-state index < -0.39 is 29.6 Å². The van der Waals surface area contributed by atoms with Crippen molar-refractivity contribution in [3.05, 3.63) is 95.3 Å². The standard InChI is InChI=1S/C36H44FN3O6/c1-3-25-13-7-16-28(21-25)33-29(17-8-18-30(33)37)36(44,39-35(43)45-2)19-9-14-26-15-10-20-40(23-26)32(41)22-31(38)34(42)46-24-27-11-5-4-6-12-27/h4-8,11-13,16-18,21,26,31,44H,3,9-10,14-15,19-20,22-24,38H2,1-2H3,(H,39,43).